The quantitative estimate of drug-likeness (QED) is 0.292. The minimum Gasteiger partial charge on any atom is -0.330 e. The molecule has 0 aliphatic carbocycles. The van der Waals surface area contributed by atoms with Crippen LogP contribution in [0.3, 0.4) is 0 Å². The minimum atomic E-state index is -0.518. The van der Waals surface area contributed by atoms with Gasteiger partial charge in [0.1, 0.15) is 6.04 Å². The van der Waals surface area contributed by atoms with Crippen molar-refractivity contribution in [3.05, 3.63) is 83.6 Å². The van der Waals surface area contributed by atoms with Gasteiger partial charge in [-0.25, -0.2) is 4.98 Å². The number of rotatable bonds is 7. The second kappa shape index (κ2) is 12.8. The van der Waals surface area contributed by atoms with Crippen molar-refractivity contribution < 1.29 is 9.59 Å². The van der Waals surface area contributed by atoms with Gasteiger partial charge in [0.05, 0.1) is 17.1 Å². The van der Waals surface area contributed by atoms with Crippen LogP contribution in [0.5, 0.6) is 0 Å². The highest BCUT2D eigenvalue weighted by atomic mass is 32.2. The first-order chi connectivity index (χ1) is 16.9. The highest BCUT2D eigenvalue weighted by molar-refractivity contribution is 7.99. The molecule has 1 aliphatic rings. The summed E-state index contributed by atoms with van der Waals surface area (Å²) in [5.41, 5.74) is 1.90. The molecule has 3 aromatic rings. The van der Waals surface area contributed by atoms with Crippen LogP contribution < -0.4 is 10.9 Å². The van der Waals surface area contributed by atoms with E-state index < -0.39 is 6.04 Å². The van der Waals surface area contributed by atoms with Gasteiger partial charge in [-0.1, -0.05) is 36.9 Å². The zero-order valence-corrected chi connectivity index (χ0v) is 20.9. The average Bonchev–Trinajstić information content (AvgIpc) is 3.55. The van der Waals surface area contributed by atoms with Gasteiger partial charge in [-0.2, -0.15) is 0 Å². The molecule has 1 fully saturated rings. The lowest BCUT2D eigenvalue weighted by molar-refractivity contribution is -0.134. The lowest BCUT2D eigenvalue weighted by Gasteiger charge is -2.24. The number of nitrogens with one attached hydrogen (secondary N) is 2. The first-order valence-corrected chi connectivity index (χ1v) is 12.6. The summed E-state index contributed by atoms with van der Waals surface area (Å²) in [6, 6.07) is 12.3. The highest BCUT2D eigenvalue weighted by Gasteiger charge is 2.34. The topological polar surface area (TPSA) is 100 Å². The number of hydrogen-bond acceptors (Lipinski definition) is 5. The first-order valence-electron chi connectivity index (χ1n) is 11.6. The van der Waals surface area contributed by atoms with Gasteiger partial charge >= 0.3 is 0 Å². The molecule has 1 atom stereocenters. The number of hydrogen-bond donors (Lipinski definition) is 2. The molecule has 2 N–H and O–H groups in total. The zero-order chi connectivity index (χ0) is 25.2. The van der Waals surface area contributed by atoms with Crippen LogP contribution in [0.2, 0.25) is 0 Å². The molecule has 184 valence electrons. The van der Waals surface area contributed by atoms with Crippen LogP contribution >= 0.6 is 11.8 Å². The Kier molecular flexibility index (Phi) is 9.48. The van der Waals surface area contributed by atoms with Crippen LogP contribution in [0.15, 0.2) is 77.5 Å². The summed E-state index contributed by atoms with van der Waals surface area (Å²) in [6.45, 7) is 7.81. The summed E-state index contributed by atoms with van der Waals surface area (Å²) in [6.07, 6.45) is 8.18. The Hall–Kier alpha value is -3.59. The second-order valence-corrected chi connectivity index (χ2v) is 8.98. The van der Waals surface area contributed by atoms with E-state index in [-0.39, 0.29) is 23.1 Å². The third-order valence-corrected chi connectivity index (χ3v) is 6.25. The number of aromatic nitrogens is 3. The summed E-state index contributed by atoms with van der Waals surface area (Å²) in [4.78, 5) is 45.9. The first kappa shape index (κ1) is 26.0. The Bertz CT molecular complexity index is 1210. The van der Waals surface area contributed by atoms with Gasteiger partial charge in [0.15, 0.2) is 5.16 Å². The van der Waals surface area contributed by atoms with E-state index in [1.54, 1.807) is 11.8 Å². The Morgan fingerprint density at radius 2 is 1.97 bits per heavy atom. The van der Waals surface area contributed by atoms with Gasteiger partial charge in [-0.3, -0.25) is 14.4 Å². The van der Waals surface area contributed by atoms with Gasteiger partial charge in [0, 0.05) is 30.7 Å². The number of H-pyrrole nitrogens is 1. The van der Waals surface area contributed by atoms with E-state index in [4.69, 9.17) is 0 Å². The lowest BCUT2D eigenvalue weighted by Crippen LogP contribution is -2.44. The predicted molar refractivity (Wildman–Crippen MR) is 140 cm³/mol. The van der Waals surface area contributed by atoms with E-state index in [2.05, 4.69) is 28.8 Å². The van der Waals surface area contributed by atoms with Crippen LogP contribution in [0.4, 0.5) is 5.69 Å². The number of allylic oxidation sites excluding steroid dienone is 1. The lowest BCUT2D eigenvalue weighted by atomic mass is 10.2. The molecule has 4 rings (SSSR count). The van der Waals surface area contributed by atoms with Crippen molar-refractivity contribution in [2.75, 3.05) is 17.6 Å². The molecular formula is C26H31N5O3S. The molecule has 9 heteroatoms. The summed E-state index contributed by atoms with van der Waals surface area (Å²) >= 11 is 1.17. The largest absolute Gasteiger partial charge is 0.330 e. The van der Waals surface area contributed by atoms with Gasteiger partial charge in [-0.15, -0.1) is 6.58 Å². The molecule has 2 amide bonds. The molecule has 35 heavy (non-hydrogen) atoms. The maximum Gasteiger partial charge on any atom is 0.251 e. The number of nitrogens with zero attached hydrogens (tertiary/aromatic N) is 3. The van der Waals surface area contributed by atoms with E-state index >= 15 is 0 Å². The molecule has 0 spiro atoms. The van der Waals surface area contributed by atoms with E-state index in [0.717, 1.165) is 18.5 Å². The number of carbonyl (C=O) groups excluding carboxylic acids is 2. The fourth-order valence-electron chi connectivity index (χ4n) is 3.69. The molecule has 0 bridgehead atoms. The minimum absolute atomic E-state index is 0.107. The van der Waals surface area contributed by atoms with Crippen LogP contribution in [-0.2, 0) is 9.59 Å². The second-order valence-electron chi connectivity index (χ2n) is 8.02. The fraction of sp³-hybridized carbons (Fsp3) is 0.308. The molecular weight excluding hydrogens is 462 g/mol. The van der Waals surface area contributed by atoms with Crippen LogP contribution in [0.25, 0.3) is 5.69 Å². The molecule has 0 radical (unpaired) electrons. The fourth-order valence-corrected chi connectivity index (χ4v) is 4.49. The maximum absolute atomic E-state index is 13.0. The van der Waals surface area contributed by atoms with Crippen LogP contribution in [-0.4, -0.2) is 49.6 Å². The number of amides is 2. The third kappa shape index (κ3) is 7.19. The predicted octanol–water partition coefficient (Wildman–Crippen LogP) is 4.17. The maximum atomic E-state index is 13.0. The van der Waals surface area contributed by atoms with Crippen molar-refractivity contribution in [2.24, 2.45) is 0 Å². The Labute approximate surface area is 209 Å². The monoisotopic (exact) mass is 493 g/mol. The summed E-state index contributed by atoms with van der Waals surface area (Å²) in [5, 5.41) is 3.40. The number of thioether (sulfide) groups is 1. The highest BCUT2D eigenvalue weighted by Crippen LogP contribution is 2.24. The van der Waals surface area contributed by atoms with E-state index in [0.29, 0.717) is 29.5 Å². The Balaban J connectivity index is 0.000000795. The molecule has 3 heterocycles. The molecule has 1 aromatic carbocycles. The van der Waals surface area contributed by atoms with Gasteiger partial charge < -0.3 is 19.8 Å². The number of benzene rings is 1. The van der Waals surface area contributed by atoms with Crippen molar-refractivity contribution in [1.29, 1.82) is 0 Å². The van der Waals surface area contributed by atoms with E-state index in [9.17, 15) is 14.4 Å². The van der Waals surface area contributed by atoms with Gasteiger partial charge in [-0.05, 0) is 50.5 Å². The van der Waals surface area contributed by atoms with Crippen LogP contribution in [0.1, 0.15) is 31.9 Å². The number of likely N-dealkylation sites (tertiary alicyclic amines) is 1. The average molecular weight is 494 g/mol. The van der Waals surface area contributed by atoms with Crippen molar-refractivity contribution >= 4 is 29.3 Å². The summed E-state index contributed by atoms with van der Waals surface area (Å²) < 4.78 is 1.93. The van der Waals surface area contributed by atoms with Crippen molar-refractivity contribution in [1.82, 2.24) is 19.4 Å². The molecule has 2 aromatic heterocycles. The van der Waals surface area contributed by atoms with Crippen molar-refractivity contribution in [3.63, 3.8) is 0 Å². The molecule has 1 saturated heterocycles. The number of anilines is 1. The summed E-state index contributed by atoms with van der Waals surface area (Å²) in [5.74, 6) is -0.237. The smallest absolute Gasteiger partial charge is 0.251 e. The van der Waals surface area contributed by atoms with Gasteiger partial charge in [0.2, 0.25) is 11.8 Å². The molecule has 8 nitrogen and oxygen atoms in total. The van der Waals surface area contributed by atoms with E-state index in [1.807, 2.05) is 59.4 Å². The van der Waals surface area contributed by atoms with Crippen molar-refractivity contribution in [2.45, 2.75) is 44.3 Å². The number of carbonyl (C=O) groups is 2. The standard InChI is InChI=1S/C22H23N5O3S.C4H8/c1-15-13-19(28)25-22(23-15)31-14-20(29)27-12-6-9-18(27)21(30)24-16-7-2-3-8-17(16)26-10-4-5-11-26;1-3-4-2/h2-5,7-8,10-11,13,18H,6,9,12,14H2,1H3,(H,24,30)(H,23,25,28);3H,1,4H2,2H3/t18-;/m0./s1. The van der Waals surface area contributed by atoms with Crippen LogP contribution in [0, 0.1) is 6.92 Å². The van der Waals surface area contributed by atoms with Crippen molar-refractivity contribution in [3.8, 4) is 5.69 Å². The molecule has 1 aliphatic heterocycles. The SMILES string of the molecule is C=CCC.Cc1cc(=O)[nH]c(SCC(=O)N2CCC[C@H]2C(=O)Nc2ccccc2-n2cccc2)n1. The Morgan fingerprint density at radius 3 is 2.66 bits per heavy atom. The molecule has 0 unspecified atom stereocenters. The summed E-state index contributed by atoms with van der Waals surface area (Å²) in [7, 11) is 0. The number of para-hydroxylation sites is 2. The van der Waals surface area contributed by atoms with Gasteiger partial charge in [0.25, 0.3) is 5.56 Å². The number of aromatic amines is 1. The normalized spacial score (nSPS) is 14.7. The number of aryl methyl sites for hydroxylation is 1. The molecule has 0 saturated carbocycles. The Morgan fingerprint density at radius 1 is 1.26 bits per heavy atom. The third-order valence-electron chi connectivity index (χ3n) is 5.39. The zero-order valence-electron chi connectivity index (χ0n) is 20.1. The van der Waals surface area contributed by atoms with E-state index in [1.165, 1.54) is 17.8 Å².